The Bertz CT molecular complexity index is 932. The molecule has 1 aromatic carbocycles. The Morgan fingerprint density at radius 3 is 2.41 bits per heavy atom. The van der Waals surface area contributed by atoms with Gasteiger partial charge in [0.2, 0.25) is 10.0 Å². The number of benzene rings is 1. The van der Waals surface area contributed by atoms with E-state index in [-0.39, 0.29) is 22.9 Å². The van der Waals surface area contributed by atoms with Crippen molar-refractivity contribution in [3.63, 3.8) is 0 Å². The molecule has 0 spiro atoms. The van der Waals surface area contributed by atoms with E-state index in [4.69, 9.17) is 9.15 Å². The Labute approximate surface area is 170 Å². The maximum absolute atomic E-state index is 12.6. The molecule has 1 amide bonds. The Morgan fingerprint density at radius 2 is 1.79 bits per heavy atom. The molecule has 1 aliphatic heterocycles. The molecule has 0 unspecified atom stereocenters. The lowest BCUT2D eigenvalue weighted by Crippen LogP contribution is -2.35. The van der Waals surface area contributed by atoms with Gasteiger partial charge in [0.05, 0.1) is 23.3 Å². The summed E-state index contributed by atoms with van der Waals surface area (Å²) in [7, 11) is -1.97. The topological polar surface area (TPSA) is 97.1 Å². The Balaban J connectivity index is 1.55. The zero-order valence-corrected chi connectivity index (χ0v) is 17.1. The van der Waals surface area contributed by atoms with Crippen LogP contribution in [-0.4, -0.2) is 56.2 Å². The molecule has 0 aliphatic carbocycles. The monoisotopic (exact) mass is 420 g/mol. The molecule has 3 rings (SSSR count). The number of amides is 1. The molecule has 9 heteroatoms. The second kappa shape index (κ2) is 9.23. The molecule has 156 valence electrons. The van der Waals surface area contributed by atoms with E-state index >= 15 is 0 Å². The lowest BCUT2D eigenvalue weighted by Gasteiger charge is -2.25. The van der Waals surface area contributed by atoms with E-state index < -0.39 is 22.6 Å². The predicted octanol–water partition coefficient (Wildman–Crippen LogP) is 2.27. The Kier molecular flexibility index (Phi) is 6.71. The van der Waals surface area contributed by atoms with E-state index in [0.717, 1.165) is 19.3 Å². The Morgan fingerprint density at radius 1 is 1.10 bits per heavy atom. The fourth-order valence-electron chi connectivity index (χ4n) is 3.06. The number of piperidine rings is 1. The van der Waals surface area contributed by atoms with Crippen LogP contribution >= 0.6 is 0 Å². The van der Waals surface area contributed by atoms with E-state index in [2.05, 4.69) is 0 Å². The van der Waals surface area contributed by atoms with Crippen molar-refractivity contribution >= 4 is 21.9 Å². The Hall–Kier alpha value is -2.65. The minimum absolute atomic E-state index is 0.144. The highest BCUT2D eigenvalue weighted by Gasteiger charge is 2.26. The third-order valence-electron chi connectivity index (χ3n) is 4.77. The van der Waals surface area contributed by atoms with E-state index in [0.29, 0.717) is 18.8 Å². The highest BCUT2D eigenvalue weighted by atomic mass is 32.2. The predicted molar refractivity (Wildman–Crippen MR) is 105 cm³/mol. The van der Waals surface area contributed by atoms with Gasteiger partial charge in [-0.05, 0) is 49.2 Å². The van der Waals surface area contributed by atoms with Gasteiger partial charge in [-0.1, -0.05) is 6.42 Å². The highest BCUT2D eigenvalue weighted by molar-refractivity contribution is 7.89. The van der Waals surface area contributed by atoms with Crippen molar-refractivity contribution in [1.82, 2.24) is 9.21 Å². The van der Waals surface area contributed by atoms with Gasteiger partial charge in [-0.2, -0.15) is 4.31 Å². The number of hydrogen-bond donors (Lipinski definition) is 0. The number of rotatable bonds is 7. The number of nitrogens with zero attached hydrogens (tertiary/aromatic N) is 2. The van der Waals surface area contributed by atoms with Crippen LogP contribution in [0.2, 0.25) is 0 Å². The van der Waals surface area contributed by atoms with Gasteiger partial charge in [0.15, 0.2) is 6.61 Å². The van der Waals surface area contributed by atoms with Crippen LogP contribution in [0.4, 0.5) is 0 Å². The second-order valence-corrected chi connectivity index (χ2v) is 8.83. The van der Waals surface area contributed by atoms with Crippen LogP contribution in [-0.2, 0) is 26.1 Å². The van der Waals surface area contributed by atoms with Gasteiger partial charge in [0.25, 0.3) is 5.91 Å². The molecule has 0 saturated carbocycles. The summed E-state index contributed by atoms with van der Waals surface area (Å²) in [5.41, 5.74) is 0.184. The SMILES string of the molecule is CN(Cc1ccco1)C(=O)COC(=O)c1ccc(S(=O)(=O)N2CCCCC2)cc1. The molecule has 0 atom stereocenters. The zero-order chi connectivity index (χ0) is 20.9. The summed E-state index contributed by atoms with van der Waals surface area (Å²) in [5, 5.41) is 0. The average molecular weight is 420 g/mol. The number of likely N-dealkylation sites (N-methyl/N-ethyl adjacent to an activating group) is 1. The summed E-state index contributed by atoms with van der Waals surface area (Å²) in [6.07, 6.45) is 4.26. The van der Waals surface area contributed by atoms with Crippen LogP contribution in [0.25, 0.3) is 0 Å². The molecule has 1 fully saturated rings. The molecule has 29 heavy (non-hydrogen) atoms. The average Bonchev–Trinajstić information content (AvgIpc) is 3.25. The highest BCUT2D eigenvalue weighted by Crippen LogP contribution is 2.21. The van der Waals surface area contributed by atoms with Gasteiger partial charge >= 0.3 is 5.97 Å². The van der Waals surface area contributed by atoms with E-state index in [1.807, 2.05) is 0 Å². The van der Waals surface area contributed by atoms with Gasteiger partial charge in [-0.25, -0.2) is 13.2 Å². The molecule has 0 bridgehead atoms. The van der Waals surface area contributed by atoms with Gasteiger partial charge in [0.1, 0.15) is 5.76 Å². The number of esters is 1. The van der Waals surface area contributed by atoms with E-state index in [1.165, 1.54) is 39.7 Å². The molecule has 1 saturated heterocycles. The summed E-state index contributed by atoms with van der Waals surface area (Å²) in [4.78, 5) is 25.8. The van der Waals surface area contributed by atoms with Crippen LogP contribution in [0.15, 0.2) is 52.0 Å². The van der Waals surface area contributed by atoms with Crippen LogP contribution in [0.1, 0.15) is 35.4 Å². The molecule has 1 aromatic heterocycles. The van der Waals surface area contributed by atoms with Crippen LogP contribution in [0.3, 0.4) is 0 Å². The molecule has 2 heterocycles. The molecule has 0 N–H and O–H groups in total. The fraction of sp³-hybridized carbons (Fsp3) is 0.400. The fourth-order valence-corrected chi connectivity index (χ4v) is 4.58. The van der Waals surface area contributed by atoms with Crippen LogP contribution < -0.4 is 0 Å². The van der Waals surface area contributed by atoms with Gasteiger partial charge < -0.3 is 14.1 Å². The van der Waals surface area contributed by atoms with Crippen LogP contribution in [0, 0.1) is 0 Å². The molecule has 8 nitrogen and oxygen atoms in total. The molecule has 0 radical (unpaired) electrons. The summed E-state index contributed by atoms with van der Waals surface area (Å²) in [5.74, 6) is -0.441. The van der Waals surface area contributed by atoms with E-state index in [1.54, 1.807) is 19.2 Å². The van der Waals surface area contributed by atoms with Crippen molar-refractivity contribution in [3.05, 3.63) is 54.0 Å². The van der Waals surface area contributed by atoms with Crippen molar-refractivity contribution in [1.29, 1.82) is 0 Å². The molecule has 2 aromatic rings. The minimum atomic E-state index is -3.55. The van der Waals surface area contributed by atoms with Gasteiger partial charge in [-0.3, -0.25) is 4.79 Å². The molecular weight excluding hydrogens is 396 g/mol. The molecular formula is C20H24N2O6S. The van der Waals surface area contributed by atoms with Crippen molar-refractivity contribution in [2.75, 3.05) is 26.7 Å². The van der Waals surface area contributed by atoms with Gasteiger partial charge in [0, 0.05) is 20.1 Å². The number of carbonyl (C=O) groups excluding carboxylic acids is 2. The quantitative estimate of drug-likeness (QED) is 0.638. The number of hydrogen-bond acceptors (Lipinski definition) is 6. The van der Waals surface area contributed by atoms with Gasteiger partial charge in [-0.15, -0.1) is 0 Å². The molecule has 1 aliphatic rings. The van der Waals surface area contributed by atoms with Crippen molar-refractivity contribution in [2.45, 2.75) is 30.7 Å². The smallest absolute Gasteiger partial charge is 0.338 e. The zero-order valence-electron chi connectivity index (χ0n) is 16.2. The van der Waals surface area contributed by atoms with Crippen molar-refractivity contribution in [3.8, 4) is 0 Å². The summed E-state index contributed by atoms with van der Waals surface area (Å²) < 4.78 is 37.0. The summed E-state index contributed by atoms with van der Waals surface area (Å²) >= 11 is 0. The normalized spacial score (nSPS) is 15.1. The van der Waals surface area contributed by atoms with Crippen molar-refractivity contribution in [2.24, 2.45) is 0 Å². The first kappa shape index (κ1) is 21.1. The third kappa shape index (κ3) is 5.24. The maximum atomic E-state index is 12.6. The minimum Gasteiger partial charge on any atom is -0.467 e. The number of carbonyl (C=O) groups is 2. The first-order valence-corrected chi connectivity index (χ1v) is 10.9. The first-order chi connectivity index (χ1) is 13.9. The van der Waals surface area contributed by atoms with E-state index in [9.17, 15) is 18.0 Å². The standard InChI is InChI=1S/C20H24N2O6S/c1-21(14-17-6-5-13-27-17)19(23)15-28-20(24)16-7-9-18(10-8-16)29(25,26)22-11-3-2-4-12-22/h5-10,13H,2-4,11-12,14-15H2,1H3. The summed E-state index contributed by atoms with van der Waals surface area (Å²) in [6.45, 7) is 0.885. The lowest BCUT2D eigenvalue weighted by atomic mass is 10.2. The van der Waals surface area contributed by atoms with Crippen LogP contribution in [0.5, 0.6) is 0 Å². The number of sulfonamides is 1. The maximum Gasteiger partial charge on any atom is 0.338 e. The summed E-state index contributed by atoms with van der Waals surface area (Å²) in [6, 6.07) is 9.06. The first-order valence-electron chi connectivity index (χ1n) is 9.41. The lowest BCUT2D eigenvalue weighted by molar-refractivity contribution is -0.133. The second-order valence-electron chi connectivity index (χ2n) is 6.89. The van der Waals surface area contributed by atoms with Crippen molar-refractivity contribution < 1.29 is 27.2 Å². The largest absolute Gasteiger partial charge is 0.467 e. The number of ether oxygens (including phenoxy) is 1. The third-order valence-corrected chi connectivity index (χ3v) is 6.68. The number of furan rings is 1.